The van der Waals surface area contributed by atoms with Gasteiger partial charge in [0, 0.05) is 12.1 Å². The molecule has 0 aromatic heterocycles. The number of imide groups is 1. The van der Waals surface area contributed by atoms with Gasteiger partial charge in [-0.05, 0) is 54.5 Å². The van der Waals surface area contributed by atoms with Crippen molar-refractivity contribution >= 4 is 41.0 Å². The summed E-state index contributed by atoms with van der Waals surface area (Å²) in [5.41, 5.74) is 0.143. The van der Waals surface area contributed by atoms with E-state index in [0.717, 1.165) is 0 Å². The maximum atomic E-state index is 14.1. The number of esters is 1. The zero-order chi connectivity index (χ0) is 29.3. The van der Waals surface area contributed by atoms with Crippen molar-refractivity contribution in [1.82, 2.24) is 15.1 Å². The van der Waals surface area contributed by atoms with Crippen molar-refractivity contribution in [1.29, 1.82) is 0 Å². The summed E-state index contributed by atoms with van der Waals surface area (Å²) in [5.74, 6) is -3.73. The van der Waals surface area contributed by atoms with Crippen LogP contribution in [-0.2, 0) is 24.7 Å². The van der Waals surface area contributed by atoms with Crippen molar-refractivity contribution in [2.75, 3.05) is 20.8 Å². The molecule has 2 unspecified atom stereocenters. The molecule has 0 aliphatic carbocycles. The number of carbonyl (C=O) groups is 4. The van der Waals surface area contributed by atoms with Gasteiger partial charge in [0.1, 0.15) is 17.3 Å². The van der Waals surface area contributed by atoms with Gasteiger partial charge in [-0.1, -0.05) is 60.7 Å². The zero-order valence-electron chi connectivity index (χ0n) is 22.8. The Morgan fingerprint density at radius 1 is 0.878 bits per heavy atom. The van der Waals surface area contributed by atoms with Gasteiger partial charge in [0.25, 0.3) is 5.91 Å². The molecule has 2 aliphatic heterocycles. The molecule has 210 valence electrons. The highest BCUT2D eigenvalue weighted by Gasteiger charge is 2.72. The molecule has 0 radical (unpaired) electrons. The van der Waals surface area contributed by atoms with E-state index in [4.69, 9.17) is 21.7 Å². The van der Waals surface area contributed by atoms with Crippen LogP contribution in [0.4, 0.5) is 0 Å². The van der Waals surface area contributed by atoms with Crippen molar-refractivity contribution < 1.29 is 28.7 Å². The van der Waals surface area contributed by atoms with Crippen LogP contribution in [-0.4, -0.2) is 65.4 Å². The maximum absolute atomic E-state index is 14.1. The average molecular weight is 572 g/mol. The van der Waals surface area contributed by atoms with Crippen LogP contribution < -0.4 is 10.1 Å². The van der Waals surface area contributed by atoms with Crippen LogP contribution in [0.1, 0.15) is 28.4 Å². The highest BCUT2D eigenvalue weighted by atomic mass is 32.1. The summed E-state index contributed by atoms with van der Waals surface area (Å²) >= 11 is 5.87. The number of hydrogen-bond donors (Lipinski definition) is 1. The van der Waals surface area contributed by atoms with Gasteiger partial charge < -0.3 is 14.4 Å². The summed E-state index contributed by atoms with van der Waals surface area (Å²) in [5, 5.41) is 2.64. The lowest BCUT2D eigenvalue weighted by molar-refractivity contribution is -0.151. The first-order valence-corrected chi connectivity index (χ1v) is 13.5. The van der Waals surface area contributed by atoms with Crippen LogP contribution in [0.5, 0.6) is 5.75 Å². The lowest BCUT2D eigenvalue weighted by Crippen LogP contribution is -2.59. The molecule has 2 saturated heterocycles. The topological polar surface area (TPSA) is 105 Å². The van der Waals surface area contributed by atoms with Crippen LogP contribution in [0.15, 0.2) is 84.9 Å². The van der Waals surface area contributed by atoms with Crippen molar-refractivity contribution in [3.8, 4) is 5.75 Å². The largest absolute Gasteiger partial charge is 0.497 e. The molecule has 3 amide bonds. The third-order valence-corrected chi connectivity index (χ3v) is 8.17. The van der Waals surface area contributed by atoms with E-state index in [0.29, 0.717) is 22.4 Å². The molecular weight excluding hydrogens is 542 g/mol. The van der Waals surface area contributed by atoms with E-state index in [2.05, 4.69) is 5.32 Å². The molecule has 9 nitrogen and oxygen atoms in total. The van der Waals surface area contributed by atoms with Crippen molar-refractivity contribution in [2.45, 2.75) is 18.5 Å². The minimum Gasteiger partial charge on any atom is -0.497 e. The molecule has 2 aliphatic rings. The third-order valence-electron chi connectivity index (χ3n) is 7.87. The number of amides is 3. The number of nitrogens with zero attached hydrogens (tertiary/aromatic N) is 2. The van der Waals surface area contributed by atoms with Gasteiger partial charge in [0.15, 0.2) is 5.11 Å². The Balaban J connectivity index is 1.74. The van der Waals surface area contributed by atoms with Gasteiger partial charge in [-0.15, -0.1) is 0 Å². The minimum atomic E-state index is -1.42. The number of carbonyl (C=O) groups excluding carboxylic acids is 4. The SMILES string of the molecule is CCN1C(=O)C2C(C1=O)C(c1ccccc1)(c1ccccc1)N(C(=S)NC(=O)c1ccc(OC)cc1)[C@H]2C(=O)OC. The van der Waals surface area contributed by atoms with E-state index in [-0.39, 0.29) is 11.7 Å². The van der Waals surface area contributed by atoms with Crippen LogP contribution in [0.3, 0.4) is 0 Å². The Morgan fingerprint density at radius 3 is 1.93 bits per heavy atom. The molecule has 2 heterocycles. The van der Waals surface area contributed by atoms with Crippen LogP contribution in [0, 0.1) is 11.8 Å². The number of thiocarbonyl (C=S) groups is 1. The fourth-order valence-electron chi connectivity index (χ4n) is 6.17. The van der Waals surface area contributed by atoms with Gasteiger partial charge in [-0.25, -0.2) is 4.79 Å². The van der Waals surface area contributed by atoms with E-state index in [9.17, 15) is 19.2 Å². The number of fused-ring (bicyclic) bond motifs is 1. The first-order valence-electron chi connectivity index (χ1n) is 13.1. The summed E-state index contributed by atoms with van der Waals surface area (Å²) in [6, 6.07) is 23.4. The van der Waals surface area contributed by atoms with Crippen LogP contribution in [0.2, 0.25) is 0 Å². The number of methoxy groups -OCH3 is 2. The van der Waals surface area contributed by atoms with Gasteiger partial charge in [-0.2, -0.15) is 0 Å². The fourth-order valence-corrected chi connectivity index (χ4v) is 6.52. The average Bonchev–Trinajstić information content (AvgIpc) is 3.47. The molecule has 0 spiro atoms. The Bertz CT molecular complexity index is 1460. The monoisotopic (exact) mass is 571 g/mol. The summed E-state index contributed by atoms with van der Waals surface area (Å²) in [4.78, 5) is 57.6. The van der Waals surface area contributed by atoms with Gasteiger partial charge in [-0.3, -0.25) is 24.6 Å². The predicted octanol–water partition coefficient (Wildman–Crippen LogP) is 3.13. The normalized spacial score (nSPS) is 20.9. The first kappa shape index (κ1) is 28.0. The number of rotatable bonds is 6. The van der Waals surface area contributed by atoms with E-state index in [1.165, 1.54) is 24.0 Å². The Hall–Kier alpha value is -4.57. The first-order chi connectivity index (χ1) is 19.8. The minimum absolute atomic E-state index is 0.119. The predicted molar refractivity (Wildman–Crippen MR) is 154 cm³/mol. The lowest BCUT2D eigenvalue weighted by atomic mass is 9.71. The Labute approximate surface area is 243 Å². The molecule has 5 rings (SSSR count). The molecule has 2 fully saturated rings. The number of nitrogens with one attached hydrogen (secondary N) is 1. The van der Waals surface area contributed by atoms with E-state index < -0.39 is 47.1 Å². The fraction of sp³-hybridized carbons (Fsp3) is 0.258. The number of benzene rings is 3. The summed E-state index contributed by atoms with van der Waals surface area (Å²) in [6.07, 6.45) is 0. The molecule has 10 heteroatoms. The van der Waals surface area contributed by atoms with Crippen molar-refractivity contribution in [3.63, 3.8) is 0 Å². The molecule has 3 aromatic rings. The molecule has 41 heavy (non-hydrogen) atoms. The molecule has 3 atom stereocenters. The number of ether oxygens (including phenoxy) is 2. The smallest absolute Gasteiger partial charge is 0.329 e. The van der Waals surface area contributed by atoms with Crippen molar-refractivity contribution in [2.24, 2.45) is 11.8 Å². The quantitative estimate of drug-likeness (QED) is 0.273. The second-order valence-electron chi connectivity index (χ2n) is 9.75. The number of hydrogen-bond acceptors (Lipinski definition) is 7. The maximum Gasteiger partial charge on any atom is 0.329 e. The molecule has 3 aromatic carbocycles. The molecule has 0 bridgehead atoms. The molecule has 0 saturated carbocycles. The second kappa shape index (κ2) is 11.1. The van der Waals surface area contributed by atoms with Gasteiger partial charge in [0.2, 0.25) is 11.8 Å². The van der Waals surface area contributed by atoms with Crippen LogP contribution >= 0.6 is 12.2 Å². The highest BCUT2D eigenvalue weighted by Crippen LogP contribution is 2.57. The Kier molecular flexibility index (Phi) is 7.59. The van der Waals surface area contributed by atoms with E-state index in [1.54, 1.807) is 31.2 Å². The van der Waals surface area contributed by atoms with E-state index in [1.807, 2.05) is 60.7 Å². The van der Waals surface area contributed by atoms with E-state index >= 15 is 0 Å². The third kappa shape index (κ3) is 4.35. The summed E-state index contributed by atoms with van der Waals surface area (Å²) < 4.78 is 10.4. The molecule has 1 N–H and O–H groups in total. The highest BCUT2D eigenvalue weighted by molar-refractivity contribution is 7.80. The molecular formula is C31H29N3O6S. The Morgan fingerprint density at radius 2 is 1.44 bits per heavy atom. The summed E-state index contributed by atoms with van der Waals surface area (Å²) in [6.45, 7) is 1.87. The summed E-state index contributed by atoms with van der Waals surface area (Å²) in [7, 11) is 2.74. The second-order valence-corrected chi connectivity index (χ2v) is 10.1. The van der Waals surface area contributed by atoms with Crippen LogP contribution in [0.25, 0.3) is 0 Å². The number of likely N-dealkylation sites (tertiary alicyclic amines) is 2. The van der Waals surface area contributed by atoms with Gasteiger partial charge in [0.05, 0.1) is 26.1 Å². The van der Waals surface area contributed by atoms with Gasteiger partial charge >= 0.3 is 5.97 Å². The zero-order valence-corrected chi connectivity index (χ0v) is 23.6. The standard InChI is InChI=1S/C31H29N3O6S/c1-4-33-27(36)23-24(28(33)37)31(20-11-7-5-8-12-20,21-13-9-6-10-14-21)34(25(23)29(38)40-3)30(41)32-26(35)19-15-17-22(39-2)18-16-19/h5-18,23-25H,4H2,1-3H3,(H,32,35,41)/t23?,24?,25-/m1/s1. The van der Waals surface area contributed by atoms with Crippen molar-refractivity contribution in [3.05, 3.63) is 102 Å². The lowest BCUT2D eigenvalue weighted by Gasteiger charge is -2.45.